The third kappa shape index (κ3) is 2.95. The lowest BCUT2D eigenvalue weighted by atomic mass is 10.0. The normalized spacial score (nSPS) is 10.6. The summed E-state index contributed by atoms with van der Waals surface area (Å²) in [5.74, 6) is 0.544. The minimum Gasteiger partial charge on any atom is -0.496 e. The second-order valence-electron chi connectivity index (χ2n) is 6.13. The monoisotopic (exact) mass is 373 g/mol. The number of amides is 1. The third-order valence-corrected chi connectivity index (χ3v) is 4.36. The predicted octanol–water partition coefficient (Wildman–Crippen LogP) is 3.66. The molecule has 2 aromatic heterocycles. The number of nitrogens with zero attached hydrogens (tertiary/aromatic N) is 3. The number of benzene rings is 2. The standard InChI is InChI=1S/C20H15N5O3/c1-11-5-12(8-21)6-16(27-2)18(11)20(26)23-13-3-4-15-14(7-13)19(25-24-15)17-9-22-10-28-17/h3-7,9-10H,1-2H3,(H,23,26)(H,24,25). The van der Waals surface area contributed by atoms with Gasteiger partial charge in [-0.05, 0) is 42.8 Å². The van der Waals surface area contributed by atoms with Gasteiger partial charge in [-0.1, -0.05) is 0 Å². The van der Waals surface area contributed by atoms with E-state index in [9.17, 15) is 4.79 Å². The molecule has 2 heterocycles. The third-order valence-electron chi connectivity index (χ3n) is 4.36. The Hall–Kier alpha value is -4.12. The molecule has 0 saturated heterocycles. The van der Waals surface area contributed by atoms with Crippen molar-refractivity contribution in [1.29, 1.82) is 5.26 Å². The second kappa shape index (κ2) is 6.89. The number of carbonyl (C=O) groups is 1. The Bertz CT molecular complexity index is 1220. The van der Waals surface area contributed by atoms with E-state index in [1.54, 1.807) is 37.4 Å². The lowest BCUT2D eigenvalue weighted by Crippen LogP contribution is -2.15. The first kappa shape index (κ1) is 17.3. The Kier molecular flexibility index (Phi) is 4.26. The number of hydrogen-bond acceptors (Lipinski definition) is 6. The highest BCUT2D eigenvalue weighted by atomic mass is 16.5. The Balaban J connectivity index is 1.70. The number of aromatic amines is 1. The lowest BCUT2D eigenvalue weighted by molar-refractivity contribution is 0.102. The number of aromatic nitrogens is 3. The number of carbonyl (C=O) groups excluding carboxylic acids is 1. The van der Waals surface area contributed by atoms with Crippen LogP contribution < -0.4 is 10.1 Å². The van der Waals surface area contributed by atoms with Crippen LogP contribution >= 0.6 is 0 Å². The van der Waals surface area contributed by atoms with Crippen LogP contribution in [0.1, 0.15) is 21.5 Å². The van der Waals surface area contributed by atoms with Crippen molar-refractivity contribution in [3.8, 4) is 23.3 Å². The van der Waals surface area contributed by atoms with Gasteiger partial charge in [-0.25, -0.2) is 4.98 Å². The number of aryl methyl sites for hydroxylation is 1. The molecule has 1 amide bonds. The van der Waals surface area contributed by atoms with Crippen LogP contribution in [0.15, 0.2) is 47.3 Å². The van der Waals surface area contributed by atoms with Crippen molar-refractivity contribution in [1.82, 2.24) is 15.2 Å². The molecule has 0 saturated carbocycles. The van der Waals surface area contributed by atoms with Crippen molar-refractivity contribution >= 4 is 22.5 Å². The molecule has 0 spiro atoms. The average molecular weight is 373 g/mol. The van der Waals surface area contributed by atoms with E-state index in [0.29, 0.717) is 39.6 Å². The average Bonchev–Trinajstić information content (AvgIpc) is 3.36. The quantitative estimate of drug-likeness (QED) is 0.564. The summed E-state index contributed by atoms with van der Waals surface area (Å²) in [5, 5.41) is 20.0. The van der Waals surface area contributed by atoms with E-state index in [0.717, 1.165) is 10.9 Å². The smallest absolute Gasteiger partial charge is 0.259 e. The molecular formula is C20H15N5O3. The largest absolute Gasteiger partial charge is 0.496 e. The Morgan fingerprint density at radius 2 is 2.18 bits per heavy atom. The van der Waals surface area contributed by atoms with E-state index in [2.05, 4.69) is 26.6 Å². The van der Waals surface area contributed by atoms with E-state index in [-0.39, 0.29) is 5.91 Å². The highest BCUT2D eigenvalue weighted by Gasteiger charge is 2.18. The summed E-state index contributed by atoms with van der Waals surface area (Å²) in [6, 6.07) is 10.7. The van der Waals surface area contributed by atoms with E-state index in [1.165, 1.54) is 13.5 Å². The van der Waals surface area contributed by atoms with Crippen LogP contribution in [-0.2, 0) is 0 Å². The number of oxazole rings is 1. The van der Waals surface area contributed by atoms with Crippen LogP contribution in [0.5, 0.6) is 5.75 Å². The molecule has 28 heavy (non-hydrogen) atoms. The summed E-state index contributed by atoms with van der Waals surface area (Å²) >= 11 is 0. The highest BCUT2D eigenvalue weighted by molar-refractivity contribution is 6.08. The molecule has 0 aliphatic heterocycles. The number of hydrogen-bond donors (Lipinski definition) is 2. The molecule has 0 aliphatic carbocycles. The van der Waals surface area contributed by atoms with Crippen molar-refractivity contribution in [2.24, 2.45) is 0 Å². The Labute approximate surface area is 159 Å². The fourth-order valence-corrected chi connectivity index (χ4v) is 3.08. The zero-order chi connectivity index (χ0) is 19.7. The molecule has 2 aromatic carbocycles. The van der Waals surface area contributed by atoms with E-state index >= 15 is 0 Å². The molecule has 0 aliphatic rings. The molecule has 2 N–H and O–H groups in total. The zero-order valence-corrected chi connectivity index (χ0v) is 15.1. The molecule has 0 radical (unpaired) electrons. The van der Waals surface area contributed by atoms with Crippen molar-refractivity contribution < 1.29 is 13.9 Å². The van der Waals surface area contributed by atoms with Crippen LogP contribution in [0.4, 0.5) is 5.69 Å². The van der Waals surface area contributed by atoms with E-state index < -0.39 is 0 Å². The van der Waals surface area contributed by atoms with Gasteiger partial charge in [0.2, 0.25) is 0 Å². The number of nitrogens with one attached hydrogen (secondary N) is 2. The van der Waals surface area contributed by atoms with Gasteiger partial charge in [-0.15, -0.1) is 0 Å². The Morgan fingerprint density at radius 1 is 1.32 bits per heavy atom. The summed E-state index contributed by atoms with van der Waals surface area (Å²) in [5.41, 5.74) is 3.46. The summed E-state index contributed by atoms with van der Waals surface area (Å²) in [7, 11) is 1.47. The van der Waals surface area contributed by atoms with Crippen molar-refractivity contribution in [2.75, 3.05) is 12.4 Å². The second-order valence-corrected chi connectivity index (χ2v) is 6.13. The van der Waals surface area contributed by atoms with Crippen LogP contribution in [-0.4, -0.2) is 28.2 Å². The van der Waals surface area contributed by atoms with E-state index in [1.807, 2.05) is 6.07 Å². The van der Waals surface area contributed by atoms with Gasteiger partial charge in [-0.2, -0.15) is 10.4 Å². The number of anilines is 1. The summed E-state index contributed by atoms with van der Waals surface area (Å²) in [4.78, 5) is 16.8. The molecule has 138 valence electrons. The minimum absolute atomic E-state index is 0.331. The number of methoxy groups -OCH3 is 1. The van der Waals surface area contributed by atoms with Crippen LogP contribution in [0.2, 0.25) is 0 Å². The molecule has 4 aromatic rings. The van der Waals surface area contributed by atoms with Gasteiger partial charge in [0.05, 0.1) is 36.0 Å². The Morgan fingerprint density at radius 3 is 2.89 bits per heavy atom. The van der Waals surface area contributed by atoms with Gasteiger partial charge in [0.15, 0.2) is 12.2 Å². The molecule has 0 atom stereocenters. The number of rotatable bonds is 4. The van der Waals surface area contributed by atoms with Gasteiger partial charge in [0, 0.05) is 11.1 Å². The van der Waals surface area contributed by atoms with Gasteiger partial charge in [-0.3, -0.25) is 9.89 Å². The fraction of sp³-hybridized carbons (Fsp3) is 0.100. The molecule has 4 rings (SSSR count). The fourth-order valence-electron chi connectivity index (χ4n) is 3.08. The number of ether oxygens (including phenoxy) is 1. The van der Waals surface area contributed by atoms with Crippen LogP contribution in [0.25, 0.3) is 22.4 Å². The summed E-state index contributed by atoms with van der Waals surface area (Å²) in [6.45, 7) is 1.76. The lowest BCUT2D eigenvalue weighted by Gasteiger charge is -2.12. The van der Waals surface area contributed by atoms with Gasteiger partial charge in [0.25, 0.3) is 5.91 Å². The summed E-state index contributed by atoms with van der Waals surface area (Å²) in [6.07, 6.45) is 2.91. The maximum Gasteiger partial charge on any atom is 0.259 e. The molecular weight excluding hydrogens is 358 g/mol. The van der Waals surface area contributed by atoms with Crippen molar-refractivity contribution in [3.05, 3.63) is 59.6 Å². The van der Waals surface area contributed by atoms with E-state index in [4.69, 9.17) is 14.4 Å². The van der Waals surface area contributed by atoms with Crippen LogP contribution in [0.3, 0.4) is 0 Å². The van der Waals surface area contributed by atoms with Crippen molar-refractivity contribution in [2.45, 2.75) is 6.92 Å². The SMILES string of the molecule is COc1cc(C#N)cc(C)c1C(=O)Nc1ccc2[nH]nc(-c3cnco3)c2c1. The van der Waals surface area contributed by atoms with Crippen LogP contribution in [0, 0.1) is 18.3 Å². The first-order chi connectivity index (χ1) is 13.6. The molecule has 0 fully saturated rings. The molecule has 8 heteroatoms. The number of H-pyrrole nitrogens is 1. The molecule has 0 unspecified atom stereocenters. The maximum atomic E-state index is 12.9. The zero-order valence-electron chi connectivity index (χ0n) is 15.1. The summed E-state index contributed by atoms with van der Waals surface area (Å²) < 4.78 is 10.6. The van der Waals surface area contributed by atoms with Gasteiger partial charge >= 0.3 is 0 Å². The highest BCUT2D eigenvalue weighted by Crippen LogP contribution is 2.29. The van der Waals surface area contributed by atoms with Gasteiger partial charge < -0.3 is 14.5 Å². The maximum absolute atomic E-state index is 12.9. The number of nitriles is 1. The van der Waals surface area contributed by atoms with Gasteiger partial charge in [0.1, 0.15) is 11.4 Å². The van der Waals surface area contributed by atoms with Crippen molar-refractivity contribution in [3.63, 3.8) is 0 Å². The topological polar surface area (TPSA) is 117 Å². The first-order valence-electron chi connectivity index (χ1n) is 8.37. The first-order valence-corrected chi connectivity index (χ1v) is 8.37. The molecule has 0 bridgehead atoms. The number of fused-ring (bicyclic) bond motifs is 1. The predicted molar refractivity (Wildman–Crippen MR) is 102 cm³/mol. The molecule has 8 nitrogen and oxygen atoms in total. The minimum atomic E-state index is -0.331.